The van der Waals surface area contributed by atoms with E-state index in [1.165, 1.54) is 19.2 Å². The highest BCUT2D eigenvalue weighted by Crippen LogP contribution is 2.36. The zero-order valence-electron chi connectivity index (χ0n) is 20.0. The third kappa shape index (κ3) is 5.14. The van der Waals surface area contributed by atoms with Crippen LogP contribution in [-0.4, -0.2) is 64.7 Å². The second-order valence-corrected chi connectivity index (χ2v) is 9.41. The van der Waals surface area contributed by atoms with E-state index < -0.39 is 36.1 Å². The predicted molar refractivity (Wildman–Crippen MR) is 126 cm³/mol. The van der Waals surface area contributed by atoms with Crippen molar-refractivity contribution in [1.29, 1.82) is 0 Å². The fraction of sp³-hybridized carbons (Fsp3) is 0.542. The normalized spacial score (nSPS) is 18.4. The van der Waals surface area contributed by atoms with Crippen LogP contribution in [0.2, 0.25) is 5.28 Å². The van der Waals surface area contributed by atoms with Crippen molar-refractivity contribution in [3.63, 3.8) is 0 Å². The van der Waals surface area contributed by atoms with Gasteiger partial charge in [0, 0.05) is 37.9 Å². The molecule has 1 N–H and O–H groups in total. The molecule has 1 aromatic carbocycles. The summed E-state index contributed by atoms with van der Waals surface area (Å²) in [5.74, 6) is -0.880. The minimum atomic E-state index is -2.94. The Morgan fingerprint density at radius 3 is 2.56 bits per heavy atom. The molecule has 1 amide bonds. The van der Waals surface area contributed by atoms with E-state index in [0.717, 1.165) is 6.07 Å². The maximum absolute atomic E-state index is 14.7. The van der Waals surface area contributed by atoms with Crippen LogP contribution in [0.4, 0.5) is 23.4 Å². The number of amides is 1. The molecule has 196 valence electrons. The lowest BCUT2D eigenvalue weighted by molar-refractivity contribution is -0.161. The van der Waals surface area contributed by atoms with Gasteiger partial charge in [-0.1, -0.05) is 18.2 Å². The third-order valence-electron chi connectivity index (χ3n) is 7.00. The topological polar surface area (TPSA) is 70.6 Å². The highest BCUT2D eigenvalue weighted by molar-refractivity contribution is 6.28. The van der Waals surface area contributed by atoms with Gasteiger partial charge in [0.1, 0.15) is 23.9 Å². The fourth-order valence-corrected chi connectivity index (χ4v) is 5.08. The molecule has 36 heavy (non-hydrogen) atoms. The van der Waals surface area contributed by atoms with Gasteiger partial charge in [0.25, 0.3) is 12.3 Å². The number of alkyl halides is 3. The SMILES string of the molecule is COC1(C(=O)N2Cc3nc(Cl)nc(N[C@H](C)c4cccc(C(F)F)c4F)c3C2)CCN(CCF)CC1. The summed E-state index contributed by atoms with van der Waals surface area (Å²) in [5, 5.41) is 3.00. The van der Waals surface area contributed by atoms with Crippen LogP contribution < -0.4 is 5.32 Å². The maximum Gasteiger partial charge on any atom is 0.266 e. The van der Waals surface area contributed by atoms with Crippen LogP contribution in [-0.2, 0) is 22.6 Å². The van der Waals surface area contributed by atoms with E-state index in [0.29, 0.717) is 49.6 Å². The zero-order chi connectivity index (χ0) is 26.0. The molecule has 1 aromatic heterocycles. The predicted octanol–water partition coefficient (Wildman–Crippen LogP) is 4.67. The lowest BCUT2D eigenvalue weighted by Crippen LogP contribution is -2.55. The number of hydrogen-bond donors (Lipinski definition) is 1. The van der Waals surface area contributed by atoms with Crippen LogP contribution in [0.5, 0.6) is 0 Å². The molecule has 1 atom stereocenters. The average molecular weight is 530 g/mol. The van der Waals surface area contributed by atoms with Crippen molar-refractivity contribution in [3.05, 3.63) is 51.7 Å². The zero-order valence-corrected chi connectivity index (χ0v) is 20.8. The quantitative estimate of drug-likeness (QED) is 0.396. The molecular weight excluding hydrogens is 502 g/mol. The van der Waals surface area contributed by atoms with Crippen molar-refractivity contribution in [1.82, 2.24) is 19.8 Å². The van der Waals surface area contributed by atoms with Crippen molar-refractivity contribution in [2.24, 2.45) is 0 Å². The average Bonchev–Trinajstić information content (AvgIpc) is 3.28. The number of hydrogen-bond acceptors (Lipinski definition) is 6. The first kappa shape index (κ1) is 26.6. The highest BCUT2D eigenvalue weighted by atomic mass is 35.5. The summed E-state index contributed by atoms with van der Waals surface area (Å²) in [7, 11) is 1.50. The number of carbonyl (C=O) groups is 1. The van der Waals surface area contributed by atoms with Gasteiger partial charge in [0.2, 0.25) is 5.28 Å². The molecule has 7 nitrogen and oxygen atoms in total. The first-order chi connectivity index (χ1) is 17.2. The monoisotopic (exact) mass is 529 g/mol. The smallest absolute Gasteiger partial charge is 0.266 e. The number of fused-ring (bicyclic) bond motifs is 1. The summed E-state index contributed by atoms with van der Waals surface area (Å²) in [4.78, 5) is 25.6. The van der Waals surface area contributed by atoms with E-state index in [1.54, 1.807) is 11.8 Å². The molecule has 0 spiro atoms. The van der Waals surface area contributed by atoms with Crippen LogP contribution in [0.15, 0.2) is 18.2 Å². The van der Waals surface area contributed by atoms with Crippen LogP contribution in [0, 0.1) is 5.82 Å². The Bertz CT molecular complexity index is 1110. The molecular formula is C24H28ClF4N5O2. The second-order valence-electron chi connectivity index (χ2n) is 9.07. The van der Waals surface area contributed by atoms with Crippen LogP contribution in [0.1, 0.15) is 54.6 Å². The van der Waals surface area contributed by atoms with Gasteiger partial charge in [-0.2, -0.15) is 0 Å². The molecule has 12 heteroatoms. The number of nitrogens with zero attached hydrogens (tertiary/aromatic N) is 4. The lowest BCUT2D eigenvalue weighted by Gasteiger charge is -2.41. The number of likely N-dealkylation sites (tertiary alicyclic amines) is 1. The van der Waals surface area contributed by atoms with E-state index in [-0.39, 0.29) is 29.8 Å². The Morgan fingerprint density at radius 1 is 1.22 bits per heavy atom. The van der Waals surface area contributed by atoms with Gasteiger partial charge in [-0.25, -0.2) is 27.5 Å². The summed E-state index contributed by atoms with van der Waals surface area (Å²) in [6, 6.07) is 3.13. The van der Waals surface area contributed by atoms with Gasteiger partial charge in [-0.15, -0.1) is 0 Å². The standard InChI is InChI=1S/C24H28ClF4N5O2/c1-14(15-4-3-5-16(19(15)27)20(28)29)30-21-17-12-34(13-18(17)31-23(25)32-21)22(35)24(36-2)6-9-33(10-7-24)11-8-26/h3-5,14,20H,6-13H2,1-2H3,(H,30,31,32)/t14-/m1/s1. The molecule has 1 fully saturated rings. The second kappa shape index (κ2) is 10.9. The lowest BCUT2D eigenvalue weighted by atomic mass is 9.89. The molecule has 2 aliphatic heterocycles. The van der Waals surface area contributed by atoms with Gasteiger partial charge in [-0.05, 0) is 31.4 Å². The highest BCUT2D eigenvalue weighted by Gasteiger charge is 2.45. The van der Waals surface area contributed by atoms with E-state index in [1.807, 2.05) is 4.90 Å². The van der Waals surface area contributed by atoms with E-state index in [9.17, 15) is 22.4 Å². The van der Waals surface area contributed by atoms with Crippen molar-refractivity contribution in [2.75, 3.05) is 38.7 Å². The number of nitrogens with one attached hydrogen (secondary N) is 1. The number of carbonyl (C=O) groups excluding carboxylic acids is 1. The number of aromatic nitrogens is 2. The molecule has 0 saturated carbocycles. The number of ether oxygens (including phenoxy) is 1. The third-order valence-corrected chi connectivity index (χ3v) is 7.17. The van der Waals surface area contributed by atoms with Crippen LogP contribution >= 0.6 is 11.6 Å². The Kier molecular flexibility index (Phi) is 8.01. The first-order valence-electron chi connectivity index (χ1n) is 11.7. The maximum atomic E-state index is 14.7. The summed E-state index contributed by atoms with van der Waals surface area (Å²) in [6.45, 7) is 2.96. The summed E-state index contributed by atoms with van der Waals surface area (Å²) < 4.78 is 59.4. The van der Waals surface area contributed by atoms with Crippen molar-refractivity contribution in [2.45, 2.75) is 50.9 Å². The molecule has 2 aromatic rings. The molecule has 4 rings (SSSR count). The summed E-state index contributed by atoms with van der Waals surface area (Å²) >= 11 is 6.13. The van der Waals surface area contributed by atoms with Crippen molar-refractivity contribution in [3.8, 4) is 0 Å². The number of halogens is 5. The van der Waals surface area contributed by atoms with Gasteiger partial charge in [-0.3, -0.25) is 4.79 Å². The minimum Gasteiger partial charge on any atom is -0.368 e. The summed E-state index contributed by atoms with van der Waals surface area (Å²) in [6.07, 6.45) is -2.07. The first-order valence-corrected chi connectivity index (χ1v) is 12.1. The van der Waals surface area contributed by atoms with Gasteiger partial charge in [0.15, 0.2) is 0 Å². The minimum absolute atomic E-state index is 0.0551. The number of methoxy groups -OCH3 is 1. The van der Waals surface area contributed by atoms with E-state index in [4.69, 9.17) is 16.3 Å². The largest absolute Gasteiger partial charge is 0.368 e. The van der Waals surface area contributed by atoms with Crippen LogP contribution in [0.3, 0.4) is 0 Å². The molecule has 0 bridgehead atoms. The molecule has 0 unspecified atom stereocenters. The molecule has 2 aliphatic rings. The summed E-state index contributed by atoms with van der Waals surface area (Å²) in [5.41, 5.74) is -0.481. The number of piperidine rings is 1. The Balaban J connectivity index is 1.54. The Labute approximate surface area is 211 Å². The van der Waals surface area contributed by atoms with Crippen molar-refractivity contribution >= 4 is 23.3 Å². The van der Waals surface area contributed by atoms with Crippen LogP contribution in [0.25, 0.3) is 0 Å². The van der Waals surface area contributed by atoms with E-state index >= 15 is 0 Å². The Hall–Kier alpha value is -2.50. The van der Waals surface area contributed by atoms with Crippen molar-refractivity contribution < 1.29 is 27.1 Å². The van der Waals surface area contributed by atoms with Gasteiger partial charge < -0.3 is 19.9 Å². The Morgan fingerprint density at radius 2 is 1.92 bits per heavy atom. The molecule has 3 heterocycles. The number of benzene rings is 1. The number of rotatable bonds is 8. The van der Waals surface area contributed by atoms with E-state index in [2.05, 4.69) is 15.3 Å². The number of anilines is 1. The van der Waals surface area contributed by atoms with Gasteiger partial charge >= 0.3 is 0 Å². The fourth-order valence-electron chi connectivity index (χ4n) is 4.89. The molecule has 1 saturated heterocycles. The molecule has 0 radical (unpaired) electrons. The van der Waals surface area contributed by atoms with Gasteiger partial charge in [0.05, 0.1) is 30.4 Å². The molecule has 0 aliphatic carbocycles.